The molecule has 19 heavy (non-hydrogen) atoms. The van der Waals surface area contributed by atoms with Gasteiger partial charge in [0, 0.05) is 5.25 Å². The summed E-state index contributed by atoms with van der Waals surface area (Å²) in [5.74, 6) is -0.724. The molecule has 0 spiro atoms. The maximum atomic E-state index is 12.1. The summed E-state index contributed by atoms with van der Waals surface area (Å²) >= 11 is 1.40. The predicted molar refractivity (Wildman–Crippen MR) is 78.4 cm³/mol. The Morgan fingerprint density at radius 3 is 2.26 bits per heavy atom. The van der Waals surface area contributed by atoms with Crippen LogP contribution in [0.2, 0.25) is 0 Å². The number of rotatable bonds is 9. The molecule has 0 fully saturated rings. The van der Waals surface area contributed by atoms with Crippen molar-refractivity contribution in [3.63, 3.8) is 0 Å². The van der Waals surface area contributed by atoms with E-state index in [1.165, 1.54) is 18.9 Å². The van der Waals surface area contributed by atoms with E-state index in [1.54, 1.807) is 0 Å². The van der Waals surface area contributed by atoms with Crippen LogP contribution in [0.1, 0.15) is 47.0 Å². The van der Waals surface area contributed by atoms with Crippen LogP contribution in [0.5, 0.6) is 0 Å². The normalized spacial score (nSPS) is 17.3. The summed E-state index contributed by atoms with van der Waals surface area (Å²) in [5, 5.41) is 8.92. The molecule has 3 unspecified atom stereocenters. The molecule has 0 aliphatic heterocycles. The average Bonchev–Trinajstić information content (AvgIpc) is 2.40. The summed E-state index contributed by atoms with van der Waals surface area (Å²) in [4.78, 5) is 22.7. The van der Waals surface area contributed by atoms with Crippen molar-refractivity contribution in [3.8, 4) is 0 Å². The van der Waals surface area contributed by atoms with Gasteiger partial charge in [0.1, 0.15) is 0 Å². The van der Waals surface area contributed by atoms with E-state index >= 15 is 0 Å². The number of carbonyl (C=O) groups excluding carboxylic acids is 1. The van der Waals surface area contributed by atoms with Crippen molar-refractivity contribution in [1.29, 1.82) is 0 Å². The Hall–Kier alpha value is -0.710. The summed E-state index contributed by atoms with van der Waals surface area (Å²) < 4.78 is 4.94. The van der Waals surface area contributed by atoms with Crippen LogP contribution in [0.3, 0.4) is 0 Å². The van der Waals surface area contributed by atoms with Crippen LogP contribution in [0.25, 0.3) is 0 Å². The molecule has 0 saturated heterocycles. The number of hydrogen-bond donors (Lipinski definition) is 1. The second-order valence-electron chi connectivity index (χ2n) is 5.16. The van der Waals surface area contributed by atoms with Gasteiger partial charge in [0.05, 0.1) is 18.3 Å². The lowest BCUT2D eigenvalue weighted by molar-refractivity contribution is -0.155. The average molecular weight is 290 g/mol. The monoisotopic (exact) mass is 290 g/mol. The van der Waals surface area contributed by atoms with E-state index < -0.39 is 11.4 Å². The molecule has 0 heterocycles. The van der Waals surface area contributed by atoms with Crippen LogP contribution in [-0.2, 0) is 14.3 Å². The molecule has 0 aromatic carbocycles. The van der Waals surface area contributed by atoms with Crippen molar-refractivity contribution in [2.75, 3.05) is 12.9 Å². The Morgan fingerprint density at radius 2 is 1.89 bits per heavy atom. The number of thioether (sulfide) groups is 1. The molecule has 0 rings (SSSR count). The van der Waals surface area contributed by atoms with E-state index in [0.29, 0.717) is 6.42 Å². The molecule has 0 aliphatic carbocycles. The first-order valence-electron chi connectivity index (χ1n) is 6.73. The van der Waals surface area contributed by atoms with Crippen LogP contribution in [-0.4, -0.2) is 35.2 Å². The largest absolute Gasteiger partial charge is 0.481 e. The minimum Gasteiger partial charge on any atom is -0.481 e. The van der Waals surface area contributed by atoms with E-state index in [-0.39, 0.29) is 22.9 Å². The summed E-state index contributed by atoms with van der Waals surface area (Å²) in [5.41, 5.74) is -0.546. The van der Waals surface area contributed by atoms with Gasteiger partial charge in [-0.05, 0) is 25.7 Å². The van der Waals surface area contributed by atoms with Crippen molar-refractivity contribution in [3.05, 3.63) is 0 Å². The van der Waals surface area contributed by atoms with Crippen LogP contribution in [0.4, 0.5) is 0 Å². The fourth-order valence-corrected chi connectivity index (χ4v) is 3.23. The van der Waals surface area contributed by atoms with Crippen LogP contribution >= 0.6 is 11.8 Å². The highest BCUT2D eigenvalue weighted by atomic mass is 32.2. The Morgan fingerprint density at radius 1 is 1.32 bits per heavy atom. The van der Waals surface area contributed by atoms with Gasteiger partial charge in [0.2, 0.25) is 0 Å². The highest BCUT2D eigenvalue weighted by Gasteiger charge is 2.40. The summed E-state index contributed by atoms with van der Waals surface area (Å²) in [6.07, 6.45) is 2.40. The van der Waals surface area contributed by atoms with Gasteiger partial charge in [0.25, 0.3) is 0 Å². The lowest BCUT2D eigenvalue weighted by atomic mass is 9.73. The van der Waals surface area contributed by atoms with Crippen molar-refractivity contribution in [2.24, 2.45) is 11.3 Å². The Kier molecular flexibility index (Phi) is 8.14. The first kappa shape index (κ1) is 18.3. The number of ether oxygens (including phenoxy) is 1. The maximum absolute atomic E-state index is 12.1. The molecule has 0 aromatic rings. The van der Waals surface area contributed by atoms with E-state index in [0.717, 1.165) is 12.8 Å². The fourth-order valence-electron chi connectivity index (χ4n) is 2.15. The minimum absolute atomic E-state index is 0.0796. The maximum Gasteiger partial charge on any atom is 0.313 e. The van der Waals surface area contributed by atoms with E-state index in [1.807, 2.05) is 20.8 Å². The molecular formula is C14H26O4S. The third-order valence-corrected chi connectivity index (χ3v) is 5.29. The molecule has 0 aliphatic rings. The highest BCUT2D eigenvalue weighted by molar-refractivity contribution is 8.00. The smallest absolute Gasteiger partial charge is 0.313 e. The molecule has 0 aromatic heterocycles. The van der Waals surface area contributed by atoms with Crippen molar-refractivity contribution in [1.82, 2.24) is 0 Å². The first-order chi connectivity index (χ1) is 8.81. The molecular weight excluding hydrogens is 264 g/mol. The quantitative estimate of drug-likeness (QED) is 0.661. The third kappa shape index (κ3) is 5.43. The molecule has 112 valence electrons. The number of carboxylic acids is 1. The lowest BCUT2D eigenvalue weighted by Gasteiger charge is -2.35. The van der Waals surface area contributed by atoms with Crippen molar-refractivity contribution in [2.45, 2.75) is 52.2 Å². The van der Waals surface area contributed by atoms with Gasteiger partial charge < -0.3 is 9.84 Å². The van der Waals surface area contributed by atoms with Gasteiger partial charge >= 0.3 is 11.9 Å². The zero-order chi connectivity index (χ0) is 15.1. The van der Waals surface area contributed by atoms with Gasteiger partial charge in [-0.3, -0.25) is 9.59 Å². The number of esters is 1. The van der Waals surface area contributed by atoms with Crippen molar-refractivity contribution < 1.29 is 19.4 Å². The topological polar surface area (TPSA) is 63.6 Å². The first-order valence-corrected chi connectivity index (χ1v) is 7.78. The lowest BCUT2D eigenvalue weighted by Crippen LogP contribution is -2.38. The van der Waals surface area contributed by atoms with Gasteiger partial charge in [-0.15, -0.1) is 11.8 Å². The third-order valence-electron chi connectivity index (χ3n) is 3.90. The molecule has 3 atom stereocenters. The zero-order valence-corrected chi connectivity index (χ0v) is 13.4. The number of aliphatic carboxylic acids is 1. The van der Waals surface area contributed by atoms with Gasteiger partial charge in [0.15, 0.2) is 0 Å². The summed E-state index contributed by atoms with van der Waals surface area (Å²) in [7, 11) is 1.41. The van der Waals surface area contributed by atoms with E-state index in [9.17, 15) is 9.59 Å². The van der Waals surface area contributed by atoms with Gasteiger partial charge in [-0.25, -0.2) is 0 Å². The second kappa shape index (κ2) is 8.46. The predicted octanol–water partition coefficient (Wildman–Crippen LogP) is 3.20. The van der Waals surface area contributed by atoms with Crippen LogP contribution in [0.15, 0.2) is 0 Å². The second-order valence-corrected chi connectivity index (χ2v) is 6.45. The summed E-state index contributed by atoms with van der Waals surface area (Å²) in [6.45, 7) is 8.05. The Bertz CT molecular complexity index is 306. The van der Waals surface area contributed by atoms with Gasteiger partial charge in [-0.1, -0.05) is 27.2 Å². The SMILES string of the molecule is CCC(CC(C)(C(=O)OC)C(C)CC)SCC(=O)O. The molecule has 1 N–H and O–H groups in total. The number of hydrogen-bond acceptors (Lipinski definition) is 4. The molecule has 4 nitrogen and oxygen atoms in total. The number of carbonyl (C=O) groups is 2. The minimum atomic E-state index is -0.813. The number of methoxy groups -OCH3 is 1. The standard InChI is InChI=1S/C14H26O4S/c1-6-10(3)14(4,13(17)18-5)8-11(7-2)19-9-12(15)16/h10-11H,6-9H2,1-5H3,(H,15,16). The highest BCUT2D eigenvalue weighted by Crippen LogP contribution is 2.39. The molecule has 0 bridgehead atoms. The van der Waals surface area contributed by atoms with E-state index in [4.69, 9.17) is 9.84 Å². The Labute approximate surface area is 120 Å². The molecule has 5 heteroatoms. The van der Waals surface area contributed by atoms with Gasteiger partial charge in [-0.2, -0.15) is 0 Å². The fraction of sp³-hybridized carbons (Fsp3) is 0.857. The summed E-state index contributed by atoms with van der Waals surface area (Å²) in [6, 6.07) is 0. The zero-order valence-electron chi connectivity index (χ0n) is 12.6. The van der Waals surface area contributed by atoms with Crippen LogP contribution < -0.4 is 0 Å². The molecule has 0 saturated carbocycles. The Balaban J connectivity index is 4.87. The van der Waals surface area contributed by atoms with Crippen LogP contribution in [0, 0.1) is 11.3 Å². The van der Waals surface area contributed by atoms with E-state index in [2.05, 4.69) is 6.92 Å². The molecule has 0 radical (unpaired) electrons. The molecule has 0 amide bonds. The van der Waals surface area contributed by atoms with Crippen molar-refractivity contribution >= 4 is 23.7 Å². The number of carboxylic acid groups (broad SMARTS) is 1.